The third-order valence-electron chi connectivity index (χ3n) is 8.52. The highest BCUT2D eigenvalue weighted by molar-refractivity contribution is 5.84. The monoisotopic (exact) mass is 492 g/mol. The molecule has 1 fully saturated rings. The fourth-order valence-corrected chi connectivity index (χ4v) is 6.09. The Morgan fingerprint density at radius 1 is 0.595 bits per heavy atom. The van der Waals surface area contributed by atoms with E-state index < -0.39 is 0 Å². The molecule has 0 saturated heterocycles. The lowest BCUT2D eigenvalue weighted by Crippen LogP contribution is -2.13. The van der Waals surface area contributed by atoms with Gasteiger partial charge in [-0.15, -0.1) is 0 Å². The number of rotatable bonds is 12. The van der Waals surface area contributed by atoms with Crippen molar-refractivity contribution >= 4 is 10.8 Å². The molecule has 0 aromatic heterocycles. The first-order valence-electron chi connectivity index (χ1n) is 15.4. The van der Waals surface area contributed by atoms with Gasteiger partial charge < -0.3 is 0 Å². The molecule has 0 N–H and O–H groups in total. The van der Waals surface area contributed by atoms with E-state index in [-0.39, 0.29) is 0 Å². The number of fused-ring (bicyclic) bond motifs is 1. The highest BCUT2D eigenvalue weighted by Gasteiger charge is 2.21. The summed E-state index contributed by atoms with van der Waals surface area (Å²) in [4.78, 5) is 0. The number of hydrogen-bond acceptors (Lipinski definition) is 0. The maximum absolute atomic E-state index is 3.41. The number of unbranched alkanes of at least 4 members (excludes halogenated alkanes) is 7. The standard InChI is InChI=1S/C37H48/c1-3-5-7-8-9-11-13-32-20-26-37-29-33(21-27-36(37)28-32)15-14-31-18-24-35(25-19-31)34-22-16-30(17-23-34)12-10-6-4-2/h18-21,24-30,34H,3-13,16-17,22-23H2,1-2H3/t30-,34-. The summed E-state index contributed by atoms with van der Waals surface area (Å²) in [5.41, 5.74) is 5.19. The lowest BCUT2D eigenvalue weighted by Gasteiger charge is -2.29. The summed E-state index contributed by atoms with van der Waals surface area (Å²) in [7, 11) is 0. The Bertz CT molecular complexity index is 1130. The highest BCUT2D eigenvalue weighted by atomic mass is 14.3. The van der Waals surface area contributed by atoms with Gasteiger partial charge in [-0.2, -0.15) is 0 Å². The molecule has 196 valence electrons. The van der Waals surface area contributed by atoms with Crippen LogP contribution in [0, 0.1) is 17.8 Å². The van der Waals surface area contributed by atoms with Crippen molar-refractivity contribution in [3.05, 3.63) is 82.9 Å². The van der Waals surface area contributed by atoms with E-state index in [1.165, 1.54) is 118 Å². The van der Waals surface area contributed by atoms with Gasteiger partial charge in [-0.25, -0.2) is 0 Å². The molecule has 0 heterocycles. The Labute approximate surface area is 227 Å². The van der Waals surface area contributed by atoms with Crippen LogP contribution in [0.15, 0.2) is 60.7 Å². The Hall–Kier alpha value is -2.52. The van der Waals surface area contributed by atoms with Crippen molar-refractivity contribution in [3.63, 3.8) is 0 Å². The molecule has 1 aliphatic rings. The van der Waals surface area contributed by atoms with E-state index in [4.69, 9.17) is 0 Å². The van der Waals surface area contributed by atoms with Gasteiger partial charge >= 0.3 is 0 Å². The zero-order valence-electron chi connectivity index (χ0n) is 23.5. The van der Waals surface area contributed by atoms with Crippen LogP contribution in [-0.2, 0) is 6.42 Å². The van der Waals surface area contributed by atoms with Gasteiger partial charge in [-0.1, -0.05) is 120 Å². The molecule has 3 aromatic carbocycles. The van der Waals surface area contributed by atoms with Gasteiger partial charge in [0.1, 0.15) is 0 Å². The van der Waals surface area contributed by atoms with E-state index in [1.54, 1.807) is 0 Å². The molecular weight excluding hydrogens is 444 g/mol. The summed E-state index contributed by atoms with van der Waals surface area (Å²) in [5.74, 6) is 8.53. The molecular formula is C37H48. The molecule has 0 spiro atoms. The molecule has 0 unspecified atom stereocenters. The highest BCUT2D eigenvalue weighted by Crippen LogP contribution is 2.37. The zero-order chi connectivity index (χ0) is 25.7. The number of benzene rings is 3. The third-order valence-corrected chi connectivity index (χ3v) is 8.52. The molecule has 0 aliphatic heterocycles. The summed E-state index contributed by atoms with van der Waals surface area (Å²) in [5, 5.41) is 2.62. The largest absolute Gasteiger partial charge is 0.0654 e. The smallest absolute Gasteiger partial charge is 0.0255 e. The van der Waals surface area contributed by atoms with Gasteiger partial charge in [-0.3, -0.25) is 0 Å². The topological polar surface area (TPSA) is 0 Å². The molecule has 3 aromatic rings. The zero-order valence-corrected chi connectivity index (χ0v) is 23.5. The summed E-state index contributed by atoms with van der Waals surface area (Å²) in [6.45, 7) is 4.59. The number of hydrogen-bond donors (Lipinski definition) is 0. The minimum Gasteiger partial charge on any atom is -0.0654 e. The van der Waals surface area contributed by atoms with E-state index in [0.29, 0.717) is 0 Å². The van der Waals surface area contributed by atoms with Crippen molar-refractivity contribution in [2.24, 2.45) is 5.92 Å². The Kier molecular flexibility index (Phi) is 11.2. The van der Waals surface area contributed by atoms with Crippen LogP contribution in [0.2, 0.25) is 0 Å². The summed E-state index contributed by atoms with van der Waals surface area (Å²) < 4.78 is 0. The average Bonchev–Trinajstić information content (AvgIpc) is 2.94. The first kappa shape index (κ1) is 27.5. The normalized spacial score (nSPS) is 17.5. The average molecular weight is 493 g/mol. The first-order valence-corrected chi connectivity index (χ1v) is 15.4. The minimum absolute atomic E-state index is 0.746. The van der Waals surface area contributed by atoms with Crippen LogP contribution in [0.1, 0.15) is 132 Å². The summed E-state index contributed by atoms with van der Waals surface area (Å²) in [6.07, 6.45) is 20.5. The molecule has 0 heteroatoms. The van der Waals surface area contributed by atoms with E-state index in [1.807, 2.05) is 0 Å². The lowest BCUT2D eigenvalue weighted by atomic mass is 9.77. The maximum atomic E-state index is 3.41. The van der Waals surface area contributed by atoms with Gasteiger partial charge in [0.05, 0.1) is 0 Å². The second kappa shape index (κ2) is 15.0. The van der Waals surface area contributed by atoms with Gasteiger partial charge in [0.25, 0.3) is 0 Å². The van der Waals surface area contributed by atoms with Crippen LogP contribution in [0.3, 0.4) is 0 Å². The Morgan fingerprint density at radius 3 is 2.00 bits per heavy atom. The predicted octanol–water partition coefficient (Wildman–Crippen LogP) is 11.0. The van der Waals surface area contributed by atoms with Crippen LogP contribution in [0.5, 0.6) is 0 Å². The van der Waals surface area contributed by atoms with Crippen LogP contribution in [0.4, 0.5) is 0 Å². The molecule has 4 rings (SSSR count). The van der Waals surface area contributed by atoms with Crippen LogP contribution in [-0.4, -0.2) is 0 Å². The quantitative estimate of drug-likeness (QED) is 0.174. The van der Waals surface area contributed by atoms with E-state index >= 15 is 0 Å². The second-order valence-electron chi connectivity index (χ2n) is 11.5. The minimum atomic E-state index is 0.746. The fraction of sp³-hybridized carbons (Fsp3) is 0.514. The predicted molar refractivity (Wildman–Crippen MR) is 162 cm³/mol. The van der Waals surface area contributed by atoms with Gasteiger partial charge in [0.2, 0.25) is 0 Å². The van der Waals surface area contributed by atoms with Gasteiger partial charge in [-0.05, 0) is 96.5 Å². The van der Waals surface area contributed by atoms with Crippen molar-refractivity contribution in [3.8, 4) is 11.8 Å². The molecule has 0 bridgehead atoms. The summed E-state index contributed by atoms with van der Waals surface area (Å²) >= 11 is 0. The van der Waals surface area contributed by atoms with Crippen molar-refractivity contribution in [1.29, 1.82) is 0 Å². The fourth-order valence-electron chi connectivity index (χ4n) is 6.09. The van der Waals surface area contributed by atoms with Crippen LogP contribution >= 0.6 is 0 Å². The van der Waals surface area contributed by atoms with Gasteiger partial charge in [0.15, 0.2) is 0 Å². The van der Waals surface area contributed by atoms with Crippen LogP contribution < -0.4 is 0 Å². The molecule has 0 radical (unpaired) electrons. The molecule has 0 amide bonds. The van der Waals surface area contributed by atoms with Crippen molar-refractivity contribution in [1.82, 2.24) is 0 Å². The third kappa shape index (κ3) is 8.78. The van der Waals surface area contributed by atoms with E-state index in [0.717, 1.165) is 23.0 Å². The first-order chi connectivity index (χ1) is 18.2. The van der Waals surface area contributed by atoms with Crippen LogP contribution in [0.25, 0.3) is 10.8 Å². The SMILES string of the molecule is CCCCCCCCc1ccc2cc(C#Cc3ccc([C@H]4CC[C@H](CCCCC)CC4)cc3)ccc2c1. The molecule has 1 aliphatic carbocycles. The Balaban J connectivity index is 1.28. The van der Waals surface area contributed by atoms with Gasteiger partial charge in [0, 0.05) is 11.1 Å². The second-order valence-corrected chi connectivity index (χ2v) is 11.5. The molecule has 1 saturated carbocycles. The van der Waals surface area contributed by atoms with E-state index in [9.17, 15) is 0 Å². The maximum Gasteiger partial charge on any atom is 0.0255 e. The van der Waals surface area contributed by atoms with Crippen molar-refractivity contribution < 1.29 is 0 Å². The van der Waals surface area contributed by atoms with Crippen molar-refractivity contribution in [2.75, 3.05) is 0 Å². The summed E-state index contributed by atoms with van der Waals surface area (Å²) in [6, 6.07) is 22.7. The lowest BCUT2D eigenvalue weighted by molar-refractivity contribution is 0.303. The van der Waals surface area contributed by atoms with Crippen molar-refractivity contribution in [2.45, 2.75) is 116 Å². The number of aryl methyl sites for hydroxylation is 1. The van der Waals surface area contributed by atoms with E-state index in [2.05, 4.69) is 86.4 Å². The molecule has 0 atom stereocenters. The molecule has 37 heavy (non-hydrogen) atoms. The Morgan fingerprint density at radius 2 is 1.22 bits per heavy atom. The molecule has 0 nitrogen and oxygen atoms in total.